The summed E-state index contributed by atoms with van der Waals surface area (Å²) in [7, 11) is -1.73. The molecular weight excluding hydrogens is 334 g/mol. The Balaban J connectivity index is 2.04. The van der Waals surface area contributed by atoms with Crippen LogP contribution in [0.2, 0.25) is 0 Å². The zero-order valence-corrected chi connectivity index (χ0v) is 16.9. The van der Waals surface area contributed by atoms with E-state index in [4.69, 9.17) is 0 Å². The van der Waals surface area contributed by atoms with E-state index in [0.717, 1.165) is 47.9 Å². The maximum atomic E-state index is 12.6. The van der Waals surface area contributed by atoms with Gasteiger partial charge in [-0.2, -0.15) is 0 Å². The largest absolute Gasteiger partial charge is 0.342 e. The smallest absolute Gasteiger partial charge is 0.237 e. The maximum absolute atomic E-state index is 12.6. The summed E-state index contributed by atoms with van der Waals surface area (Å²) in [6.07, 6.45) is 4.16. The Kier molecular flexibility index (Phi) is 6.30. The number of hydrogen-bond acceptors (Lipinski definition) is 3. The molecule has 140 valence electrons. The van der Waals surface area contributed by atoms with Crippen molar-refractivity contribution >= 4 is 15.7 Å². The first kappa shape index (κ1) is 20.0. The minimum atomic E-state index is -3.48. The molecule has 0 bridgehead atoms. The average molecular weight is 366 g/mol. The van der Waals surface area contributed by atoms with Crippen LogP contribution in [0.3, 0.4) is 0 Å². The quantitative estimate of drug-likeness (QED) is 0.802. The monoisotopic (exact) mass is 365 g/mol. The lowest BCUT2D eigenvalue weighted by Crippen LogP contribution is -2.42. The van der Waals surface area contributed by atoms with Crippen LogP contribution in [0.4, 0.5) is 0 Å². The molecule has 1 amide bonds. The van der Waals surface area contributed by atoms with Gasteiger partial charge >= 0.3 is 0 Å². The highest BCUT2D eigenvalue weighted by Gasteiger charge is 2.28. The molecule has 0 atom stereocenters. The van der Waals surface area contributed by atoms with Crippen molar-refractivity contribution in [3.8, 4) is 0 Å². The molecule has 1 aromatic carbocycles. The van der Waals surface area contributed by atoms with Crippen LogP contribution in [-0.4, -0.2) is 38.1 Å². The van der Waals surface area contributed by atoms with Gasteiger partial charge in [0.15, 0.2) is 9.84 Å². The van der Waals surface area contributed by atoms with Crippen molar-refractivity contribution in [2.75, 3.05) is 12.8 Å². The Labute approximate surface area is 152 Å². The Morgan fingerprint density at radius 2 is 1.60 bits per heavy atom. The van der Waals surface area contributed by atoms with E-state index in [1.165, 1.54) is 0 Å². The maximum Gasteiger partial charge on any atom is 0.237 e. The summed E-state index contributed by atoms with van der Waals surface area (Å²) in [5, 5.41) is 0. The van der Waals surface area contributed by atoms with Crippen LogP contribution in [0, 0.1) is 26.7 Å². The number of rotatable bonds is 5. The molecule has 0 unspecified atom stereocenters. The topological polar surface area (TPSA) is 54.5 Å². The van der Waals surface area contributed by atoms with Crippen molar-refractivity contribution in [3.05, 3.63) is 34.4 Å². The van der Waals surface area contributed by atoms with Crippen LogP contribution < -0.4 is 0 Å². The lowest BCUT2D eigenvalue weighted by Gasteiger charge is -2.33. The van der Waals surface area contributed by atoms with E-state index < -0.39 is 15.6 Å². The highest BCUT2D eigenvalue weighted by Crippen LogP contribution is 2.27. The summed E-state index contributed by atoms with van der Waals surface area (Å²) in [5.41, 5.74) is 3.90. The molecule has 0 aliphatic heterocycles. The number of amides is 1. The predicted octanol–water partition coefficient (Wildman–Crippen LogP) is 3.56. The number of hydrogen-bond donors (Lipinski definition) is 0. The van der Waals surface area contributed by atoms with Gasteiger partial charge in [0.05, 0.1) is 5.75 Å². The van der Waals surface area contributed by atoms with Gasteiger partial charge in [-0.25, -0.2) is 8.42 Å². The molecule has 2 rings (SSSR count). The molecule has 5 heteroatoms. The fraction of sp³-hybridized carbons (Fsp3) is 0.650. The lowest BCUT2D eigenvalue weighted by atomic mass is 9.87. The third kappa shape index (κ3) is 5.30. The van der Waals surface area contributed by atoms with Gasteiger partial charge in [0.1, 0.15) is 5.75 Å². The van der Waals surface area contributed by atoms with Crippen molar-refractivity contribution < 1.29 is 13.2 Å². The van der Waals surface area contributed by atoms with Crippen molar-refractivity contribution in [2.45, 2.75) is 65.2 Å². The van der Waals surface area contributed by atoms with Crippen molar-refractivity contribution in [3.63, 3.8) is 0 Å². The van der Waals surface area contributed by atoms with E-state index in [1.807, 2.05) is 32.9 Å². The van der Waals surface area contributed by atoms with Gasteiger partial charge in [-0.15, -0.1) is 0 Å². The number of carbonyl (C=O) groups excluding carboxylic acids is 1. The van der Waals surface area contributed by atoms with Crippen LogP contribution in [0.25, 0.3) is 0 Å². The summed E-state index contributed by atoms with van der Waals surface area (Å²) in [6, 6.07) is 4.17. The van der Waals surface area contributed by atoms with Crippen molar-refractivity contribution in [2.24, 2.45) is 5.92 Å². The number of sulfone groups is 1. The van der Waals surface area contributed by atoms with Gasteiger partial charge < -0.3 is 4.90 Å². The molecule has 0 N–H and O–H groups in total. The molecule has 25 heavy (non-hydrogen) atoms. The molecule has 4 nitrogen and oxygen atoms in total. The number of nitrogens with zero attached hydrogens (tertiary/aromatic N) is 1. The SMILES string of the molecule is Cc1cc(C)c(CS(=O)(=O)CC(=O)N(C)C2CCC(C)CC2)c(C)c1. The Morgan fingerprint density at radius 1 is 1.08 bits per heavy atom. The highest BCUT2D eigenvalue weighted by molar-refractivity contribution is 7.91. The molecule has 1 aliphatic carbocycles. The van der Waals surface area contributed by atoms with E-state index in [1.54, 1.807) is 11.9 Å². The summed E-state index contributed by atoms with van der Waals surface area (Å²) in [5.74, 6) is -0.0351. The Morgan fingerprint density at radius 3 is 2.12 bits per heavy atom. The third-order valence-corrected chi connectivity index (χ3v) is 6.89. The summed E-state index contributed by atoms with van der Waals surface area (Å²) in [6.45, 7) is 8.10. The van der Waals surface area contributed by atoms with Crippen LogP contribution in [0.1, 0.15) is 54.9 Å². The van der Waals surface area contributed by atoms with Crippen molar-refractivity contribution in [1.29, 1.82) is 0 Å². The fourth-order valence-corrected chi connectivity index (χ4v) is 5.41. The van der Waals surface area contributed by atoms with Gasteiger partial charge in [0.25, 0.3) is 0 Å². The average Bonchev–Trinajstić information content (AvgIpc) is 2.50. The molecule has 0 radical (unpaired) electrons. The molecule has 1 aliphatic rings. The zero-order valence-electron chi connectivity index (χ0n) is 16.1. The molecule has 1 fully saturated rings. The zero-order chi connectivity index (χ0) is 18.8. The minimum absolute atomic E-state index is 0.0633. The molecular formula is C20H31NO3S. The van der Waals surface area contributed by atoms with Crippen LogP contribution >= 0.6 is 0 Å². The first-order valence-corrected chi connectivity index (χ1v) is 10.9. The molecule has 0 aromatic heterocycles. The summed E-state index contributed by atoms with van der Waals surface area (Å²) in [4.78, 5) is 14.2. The van der Waals surface area contributed by atoms with E-state index >= 15 is 0 Å². The summed E-state index contributed by atoms with van der Waals surface area (Å²) < 4.78 is 25.2. The Bertz CT molecular complexity index is 708. The van der Waals surface area contributed by atoms with Gasteiger partial charge in [0.2, 0.25) is 5.91 Å². The predicted molar refractivity (Wildman–Crippen MR) is 102 cm³/mol. The number of carbonyl (C=O) groups is 1. The van der Waals surface area contributed by atoms with Gasteiger partial charge in [-0.3, -0.25) is 4.79 Å². The minimum Gasteiger partial charge on any atom is -0.342 e. The van der Waals surface area contributed by atoms with Crippen molar-refractivity contribution in [1.82, 2.24) is 4.90 Å². The molecule has 0 spiro atoms. The fourth-order valence-electron chi connectivity index (χ4n) is 3.83. The number of benzene rings is 1. The Hall–Kier alpha value is -1.36. The van der Waals surface area contributed by atoms with Gasteiger partial charge in [-0.05, 0) is 69.1 Å². The lowest BCUT2D eigenvalue weighted by molar-refractivity contribution is -0.129. The van der Waals surface area contributed by atoms with E-state index in [0.29, 0.717) is 5.92 Å². The molecule has 1 saturated carbocycles. The van der Waals surface area contributed by atoms with Crippen LogP contribution in [-0.2, 0) is 20.4 Å². The summed E-state index contributed by atoms with van der Waals surface area (Å²) >= 11 is 0. The van der Waals surface area contributed by atoms with E-state index in [-0.39, 0.29) is 17.7 Å². The molecule has 0 saturated heterocycles. The van der Waals surface area contributed by atoms with E-state index in [2.05, 4.69) is 6.92 Å². The van der Waals surface area contributed by atoms with Crippen LogP contribution in [0.5, 0.6) is 0 Å². The second kappa shape index (κ2) is 7.90. The van der Waals surface area contributed by atoms with E-state index in [9.17, 15) is 13.2 Å². The van der Waals surface area contributed by atoms with Gasteiger partial charge in [-0.1, -0.05) is 24.6 Å². The first-order valence-electron chi connectivity index (χ1n) is 9.12. The molecule has 1 aromatic rings. The third-order valence-electron chi connectivity index (χ3n) is 5.47. The second-order valence-corrected chi connectivity index (χ2v) is 9.89. The van der Waals surface area contributed by atoms with Gasteiger partial charge in [0, 0.05) is 13.1 Å². The normalized spacial score (nSPS) is 21.2. The number of aryl methyl sites for hydroxylation is 3. The van der Waals surface area contributed by atoms with Crippen LogP contribution in [0.15, 0.2) is 12.1 Å². The first-order chi connectivity index (χ1) is 11.6. The second-order valence-electron chi connectivity index (χ2n) is 7.83. The standard InChI is InChI=1S/C20H31NO3S/c1-14-6-8-18(9-7-14)21(5)20(22)13-25(23,24)12-19-16(3)10-15(2)11-17(19)4/h10-11,14,18H,6-9,12-13H2,1-5H3. The highest BCUT2D eigenvalue weighted by atomic mass is 32.2. The molecule has 0 heterocycles.